The molecule has 4 nitrogen and oxygen atoms in total. The summed E-state index contributed by atoms with van der Waals surface area (Å²) in [6, 6.07) is 16.5. The van der Waals surface area contributed by atoms with Gasteiger partial charge in [-0.25, -0.2) is 0 Å². The monoisotopic (exact) mass is 294 g/mol. The van der Waals surface area contributed by atoms with Gasteiger partial charge in [-0.3, -0.25) is 4.79 Å². The van der Waals surface area contributed by atoms with Crippen LogP contribution in [0.5, 0.6) is 5.75 Å². The highest BCUT2D eigenvalue weighted by Crippen LogP contribution is 2.25. The summed E-state index contributed by atoms with van der Waals surface area (Å²) in [5, 5.41) is 11.7. The first kappa shape index (κ1) is 15.6. The van der Waals surface area contributed by atoms with Gasteiger partial charge in [0, 0.05) is 5.56 Å². The van der Waals surface area contributed by atoms with Crippen molar-refractivity contribution in [1.29, 1.82) is 5.26 Å². The van der Waals surface area contributed by atoms with Gasteiger partial charge in [-0.1, -0.05) is 30.3 Å². The Morgan fingerprint density at radius 3 is 2.59 bits per heavy atom. The molecule has 1 amide bonds. The number of amides is 1. The summed E-state index contributed by atoms with van der Waals surface area (Å²) in [6.07, 6.45) is 0.220. The van der Waals surface area contributed by atoms with Crippen molar-refractivity contribution in [3.8, 4) is 11.8 Å². The number of anilines is 1. The van der Waals surface area contributed by atoms with Crippen molar-refractivity contribution in [3.63, 3.8) is 0 Å². The van der Waals surface area contributed by atoms with E-state index < -0.39 is 0 Å². The number of carbonyl (C=O) groups is 1. The Balaban J connectivity index is 2.25. The van der Waals surface area contributed by atoms with E-state index in [9.17, 15) is 4.79 Å². The molecule has 22 heavy (non-hydrogen) atoms. The highest BCUT2D eigenvalue weighted by atomic mass is 16.5. The molecule has 4 heteroatoms. The maximum Gasteiger partial charge on any atom is 0.256 e. The lowest BCUT2D eigenvalue weighted by Crippen LogP contribution is -2.16. The Bertz CT molecular complexity index is 702. The minimum absolute atomic E-state index is 0.0175. The quantitative estimate of drug-likeness (QED) is 0.912. The molecule has 0 aliphatic heterocycles. The van der Waals surface area contributed by atoms with Crippen LogP contribution in [-0.4, -0.2) is 12.0 Å². The van der Waals surface area contributed by atoms with Gasteiger partial charge in [0.2, 0.25) is 0 Å². The third kappa shape index (κ3) is 3.86. The van der Waals surface area contributed by atoms with Crippen LogP contribution in [0.4, 0.5) is 5.69 Å². The first-order valence-corrected chi connectivity index (χ1v) is 7.13. The van der Waals surface area contributed by atoms with Crippen LogP contribution in [0.15, 0.2) is 48.5 Å². The fraction of sp³-hybridized carbons (Fsp3) is 0.222. The van der Waals surface area contributed by atoms with Crippen LogP contribution < -0.4 is 10.1 Å². The molecule has 0 saturated carbocycles. The number of carbonyl (C=O) groups excluding carboxylic acids is 1. The average Bonchev–Trinajstić information content (AvgIpc) is 2.49. The number of hydrogen-bond donors (Lipinski definition) is 1. The topological polar surface area (TPSA) is 62.1 Å². The van der Waals surface area contributed by atoms with Crippen molar-refractivity contribution in [2.24, 2.45) is 0 Å². The van der Waals surface area contributed by atoms with Crippen LogP contribution in [0, 0.1) is 11.3 Å². The zero-order valence-electron chi connectivity index (χ0n) is 12.7. The van der Waals surface area contributed by atoms with Crippen molar-refractivity contribution in [3.05, 3.63) is 59.7 Å². The van der Waals surface area contributed by atoms with Crippen molar-refractivity contribution < 1.29 is 9.53 Å². The van der Waals surface area contributed by atoms with Gasteiger partial charge in [0.1, 0.15) is 5.75 Å². The first-order chi connectivity index (χ1) is 10.6. The van der Waals surface area contributed by atoms with E-state index >= 15 is 0 Å². The molecule has 0 heterocycles. The van der Waals surface area contributed by atoms with Gasteiger partial charge < -0.3 is 10.1 Å². The first-order valence-electron chi connectivity index (χ1n) is 7.13. The molecule has 0 spiro atoms. The maximum atomic E-state index is 12.5. The fourth-order valence-corrected chi connectivity index (χ4v) is 2.10. The summed E-state index contributed by atoms with van der Waals surface area (Å²) >= 11 is 0. The Labute approximate surface area is 130 Å². The molecule has 0 saturated heterocycles. The van der Waals surface area contributed by atoms with Gasteiger partial charge in [0.05, 0.1) is 24.3 Å². The summed E-state index contributed by atoms with van der Waals surface area (Å²) in [7, 11) is 0. The molecule has 2 rings (SSSR count). The predicted octanol–water partition coefficient (Wildman–Crippen LogP) is 3.79. The van der Waals surface area contributed by atoms with Crippen LogP contribution in [0.25, 0.3) is 0 Å². The number of nitrogens with one attached hydrogen (secondary N) is 1. The Morgan fingerprint density at radius 1 is 1.18 bits per heavy atom. The van der Waals surface area contributed by atoms with E-state index in [1.54, 1.807) is 24.3 Å². The highest BCUT2D eigenvalue weighted by molar-refractivity contribution is 6.06. The zero-order chi connectivity index (χ0) is 15.9. The van der Waals surface area contributed by atoms with Crippen LogP contribution in [0.2, 0.25) is 0 Å². The Morgan fingerprint density at radius 2 is 1.86 bits per heavy atom. The number of rotatable bonds is 5. The minimum atomic E-state index is -0.245. The molecule has 1 N–H and O–H groups in total. The molecule has 0 unspecified atom stereocenters. The molecule has 0 bridgehead atoms. The molecule has 0 atom stereocenters. The SMILES string of the molecule is CC(C)Oc1ccccc1NC(=O)c1ccccc1CC#N. The third-order valence-electron chi connectivity index (χ3n) is 3.03. The van der Waals surface area contributed by atoms with E-state index in [0.29, 0.717) is 22.6 Å². The van der Waals surface area contributed by atoms with Crippen LogP contribution in [-0.2, 0) is 6.42 Å². The lowest BCUT2D eigenvalue weighted by molar-refractivity contribution is 0.102. The number of para-hydroxylation sites is 2. The second-order valence-electron chi connectivity index (χ2n) is 5.11. The second kappa shape index (κ2) is 7.28. The number of benzene rings is 2. The largest absolute Gasteiger partial charge is 0.489 e. The van der Waals surface area contributed by atoms with E-state index in [4.69, 9.17) is 10.00 Å². The second-order valence-corrected chi connectivity index (χ2v) is 5.11. The molecule has 0 radical (unpaired) electrons. The normalized spacial score (nSPS) is 10.1. The summed E-state index contributed by atoms with van der Waals surface area (Å²) in [6.45, 7) is 3.86. The maximum absolute atomic E-state index is 12.5. The molecule has 0 aliphatic carbocycles. The van der Waals surface area contributed by atoms with E-state index in [2.05, 4.69) is 11.4 Å². The highest BCUT2D eigenvalue weighted by Gasteiger charge is 2.13. The Hall–Kier alpha value is -2.80. The number of ether oxygens (including phenoxy) is 1. The van der Waals surface area contributed by atoms with Crippen LogP contribution in [0.3, 0.4) is 0 Å². The van der Waals surface area contributed by atoms with Crippen molar-refractivity contribution in [1.82, 2.24) is 0 Å². The molecular weight excluding hydrogens is 276 g/mol. The molecule has 2 aromatic rings. The van der Waals surface area contributed by atoms with Crippen molar-refractivity contribution in [2.75, 3.05) is 5.32 Å². The van der Waals surface area contributed by atoms with Gasteiger partial charge >= 0.3 is 0 Å². The molecule has 112 valence electrons. The molecule has 2 aromatic carbocycles. The lowest BCUT2D eigenvalue weighted by atomic mass is 10.0. The summed E-state index contributed by atoms with van der Waals surface area (Å²) in [5.41, 5.74) is 1.83. The summed E-state index contributed by atoms with van der Waals surface area (Å²) in [4.78, 5) is 12.5. The van der Waals surface area contributed by atoms with Gasteiger partial charge in [0.15, 0.2) is 0 Å². The lowest BCUT2D eigenvalue weighted by Gasteiger charge is -2.15. The van der Waals surface area contributed by atoms with Gasteiger partial charge in [-0.15, -0.1) is 0 Å². The molecular formula is C18H18N2O2. The molecule has 0 aliphatic rings. The van der Waals surface area contributed by atoms with Crippen LogP contribution in [0.1, 0.15) is 29.8 Å². The number of nitriles is 1. The summed E-state index contributed by atoms with van der Waals surface area (Å²) < 4.78 is 5.69. The average molecular weight is 294 g/mol. The third-order valence-corrected chi connectivity index (χ3v) is 3.03. The summed E-state index contributed by atoms with van der Waals surface area (Å²) in [5.74, 6) is 0.384. The van der Waals surface area contributed by atoms with Gasteiger partial charge in [-0.2, -0.15) is 5.26 Å². The fourth-order valence-electron chi connectivity index (χ4n) is 2.10. The molecule has 0 fully saturated rings. The minimum Gasteiger partial charge on any atom is -0.489 e. The number of hydrogen-bond acceptors (Lipinski definition) is 3. The number of nitrogens with zero attached hydrogens (tertiary/aromatic N) is 1. The smallest absolute Gasteiger partial charge is 0.256 e. The van der Waals surface area contributed by atoms with Gasteiger partial charge in [0.25, 0.3) is 5.91 Å². The van der Waals surface area contributed by atoms with E-state index in [1.807, 2.05) is 38.1 Å². The van der Waals surface area contributed by atoms with E-state index in [1.165, 1.54) is 0 Å². The predicted molar refractivity (Wildman–Crippen MR) is 85.9 cm³/mol. The molecule has 0 aromatic heterocycles. The van der Waals surface area contributed by atoms with Crippen LogP contribution >= 0.6 is 0 Å². The van der Waals surface area contributed by atoms with Gasteiger partial charge in [-0.05, 0) is 37.6 Å². The standard InChI is InChI=1S/C18H18N2O2/c1-13(2)22-17-10-6-5-9-16(17)20-18(21)15-8-4-3-7-14(15)11-12-19/h3-10,13H,11H2,1-2H3,(H,20,21). The zero-order valence-corrected chi connectivity index (χ0v) is 12.7. The van der Waals surface area contributed by atoms with E-state index in [0.717, 1.165) is 0 Å². The van der Waals surface area contributed by atoms with Crippen molar-refractivity contribution in [2.45, 2.75) is 26.4 Å². The Kier molecular flexibility index (Phi) is 5.16. The van der Waals surface area contributed by atoms with Crippen molar-refractivity contribution >= 4 is 11.6 Å². The van der Waals surface area contributed by atoms with E-state index in [-0.39, 0.29) is 18.4 Å².